The van der Waals surface area contributed by atoms with Crippen molar-refractivity contribution in [3.05, 3.63) is 24.3 Å². The molecule has 0 heterocycles. The topological polar surface area (TPSA) is 35.1 Å². The predicted molar refractivity (Wildman–Crippen MR) is 69.7 cm³/mol. The van der Waals surface area contributed by atoms with Crippen molar-refractivity contribution >= 4 is 0 Å². The lowest BCUT2D eigenvalue weighted by molar-refractivity contribution is -0.717. The third-order valence-corrected chi connectivity index (χ3v) is 2.43. The van der Waals surface area contributed by atoms with Gasteiger partial charge in [-0.15, -0.1) is 0 Å². The quantitative estimate of drug-likeness (QED) is 0.767. The SMILES string of the molecule is COc1ccc(OCCC[NH2+]C(C)(C)C)cc1. The molecule has 17 heavy (non-hydrogen) atoms. The van der Waals surface area contributed by atoms with Gasteiger partial charge < -0.3 is 14.8 Å². The number of ether oxygens (including phenoxy) is 2. The fourth-order valence-corrected chi connectivity index (χ4v) is 1.48. The first-order chi connectivity index (χ1) is 8.01. The normalized spacial score (nSPS) is 11.3. The lowest BCUT2D eigenvalue weighted by Gasteiger charge is -2.16. The van der Waals surface area contributed by atoms with Gasteiger partial charge in [-0.25, -0.2) is 0 Å². The molecule has 0 bridgehead atoms. The van der Waals surface area contributed by atoms with Crippen LogP contribution in [-0.2, 0) is 0 Å². The zero-order valence-corrected chi connectivity index (χ0v) is 11.3. The van der Waals surface area contributed by atoms with Crippen LogP contribution in [0.1, 0.15) is 27.2 Å². The minimum absolute atomic E-state index is 0.306. The van der Waals surface area contributed by atoms with Crippen molar-refractivity contribution in [2.24, 2.45) is 0 Å². The molecule has 1 aromatic carbocycles. The fraction of sp³-hybridized carbons (Fsp3) is 0.571. The van der Waals surface area contributed by atoms with Crippen LogP contribution in [0.3, 0.4) is 0 Å². The maximum Gasteiger partial charge on any atom is 0.119 e. The summed E-state index contributed by atoms with van der Waals surface area (Å²) in [6, 6.07) is 7.70. The molecule has 0 saturated heterocycles. The molecule has 3 nitrogen and oxygen atoms in total. The Balaban J connectivity index is 2.18. The highest BCUT2D eigenvalue weighted by Gasteiger charge is 2.11. The molecule has 1 aromatic rings. The summed E-state index contributed by atoms with van der Waals surface area (Å²) < 4.78 is 10.7. The van der Waals surface area contributed by atoms with Crippen LogP contribution < -0.4 is 14.8 Å². The van der Waals surface area contributed by atoms with E-state index in [-0.39, 0.29) is 0 Å². The molecule has 0 unspecified atom stereocenters. The zero-order valence-electron chi connectivity index (χ0n) is 11.3. The lowest BCUT2D eigenvalue weighted by atomic mass is 10.1. The molecule has 96 valence electrons. The van der Waals surface area contributed by atoms with Gasteiger partial charge in [-0.1, -0.05) is 0 Å². The lowest BCUT2D eigenvalue weighted by Crippen LogP contribution is -2.94. The molecule has 0 spiro atoms. The van der Waals surface area contributed by atoms with E-state index in [1.165, 1.54) is 0 Å². The van der Waals surface area contributed by atoms with E-state index < -0.39 is 0 Å². The first-order valence-electron chi connectivity index (χ1n) is 6.12. The second-order valence-electron chi connectivity index (χ2n) is 5.24. The van der Waals surface area contributed by atoms with Crippen LogP contribution in [-0.4, -0.2) is 25.8 Å². The smallest absolute Gasteiger partial charge is 0.119 e. The average molecular weight is 238 g/mol. The number of benzene rings is 1. The van der Waals surface area contributed by atoms with E-state index in [4.69, 9.17) is 9.47 Å². The summed E-state index contributed by atoms with van der Waals surface area (Å²) in [5.41, 5.74) is 0.306. The maximum absolute atomic E-state index is 5.64. The largest absolute Gasteiger partial charge is 0.497 e. The number of quaternary nitrogens is 1. The Bertz CT molecular complexity index is 314. The Hall–Kier alpha value is -1.22. The Kier molecular flexibility index (Phi) is 5.29. The third-order valence-electron chi connectivity index (χ3n) is 2.43. The summed E-state index contributed by atoms with van der Waals surface area (Å²) in [6.07, 6.45) is 1.06. The number of rotatable bonds is 6. The number of hydrogen-bond acceptors (Lipinski definition) is 2. The van der Waals surface area contributed by atoms with E-state index in [9.17, 15) is 0 Å². The van der Waals surface area contributed by atoms with Gasteiger partial charge in [0.15, 0.2) is 0 Å². The van der Waals surface area contributed by atoms with Crippen molar-refractivity contribution in [3.8, 4) is 11.5 Å². The van der Waals surface area contributed by atoms with Gasteiger partial charge in [-0.05, 0) is 45.0 Å². The van der Waals surface area contributed by atoms with E-state index in [1.807, 2.05) is 24.3 Å². The van der Waals surface area contributed by atoms with Crippen LogP contribution in [0, 0.1) is 0 Å². The summed E-state index contributed by atoms with van der Waals surface area (Å²) in [5, 5.41) is 2.34. The zero-order chi connectivity index (χ0) is 12.7. The van der Waals surface area contributed by atoms with Crippen molar-refractivity contribution in [1.82, 2.24) is 0 Å². The van der Waals surface area contributed by atoms with Crippen LogP contribution in [0.2, 0.25) is 0 Å². The minimum Gasteiger partial charge on any atom is -0.497 e. The first kappa shape index (κ1) is 13.8. The van der Waals surface area contributed by atoms with Gasteiger partial charge >= 0.3 is 0 Å². The van der Waals surface area contributed by atoms with Gasteiger partial charge in [0.25, 0.3) is 0 Å². The highest BCUT2D eigenvalue weighted by molar-refractivity contribution is 5.30. The van der Waals surface area contributed by atoms with Crippen LogP contribution in [0.25, 0.3) is 0 Å². The molecule has 0 aliphatic rings. The Morgan fingerprint density at radius 2 is 1.65 bits per heavy atom. The summed E-state index contributed by atoms with van der Waals surface area (Å²) in [5.74, 6) is 1.76. The van der Waals surface area contributed by atoms with Crippen LogP contribution in [0.4, 0.5) is 0 Å². The molecule has 0 aliphatic heterocycles. The summed E-state index contributed by atoms with van der Waals surface area (Å²) in [7, 11) is 1.66. The summed E-state index contributed by atoms with van der Waals surface area (Å²) in [4.78, 5) is 0. The van der Waals surface area contributed by atoms with Gasteiger partial charge in [-0.2, -0.15) is 0 Å². The van der Waals surface area contributed by atoms with Gasteiger partial charge in [0, 0.05) is 6.42 Å². The molecule has 0 amide bonds. The maximum atomic E-state index is 5.64. The van der Waals surface area contributed by atoms with Crippen LogP contribution in [0.15, 0.2) is 24.3 Å². The molecule has 1 rings (SSSR count). The minimum atomic E-state index is 0.306. The van der Waals surface area contributed by atoms with E-state index >= 15 is 0 Å². The van der Waals surface area contributed by atoms with Gasteiger partial charge in [0.05, 0.1) is 25.8 Å². The number of hydrogen-bond donors (Lipinski definition) is 1. The standard InChI is InChI=1S/C14H23NO2/c1-14(2,3)15-10-5-11-17-13-8-6-12(16-4)7-9-13/h6-9,15H,5,10-11H2,1-4H3/p+1. The molecule has 2 N–H and O–H groups in total. The molecular formula is C14H24NO2+. The van der Waals surface area contributed by atoms with Crippen molar-refractivity contribution in [2.75, 3.05) is 20.3 Å². The highest BCUT2D eigenvalue weighted by atomic mass is 16.5. The van der Waals surface area contributed by atoms with E-state index in [0.717, 1.165) is 31.1 Å². The van der Waals surface area contributed by atoms with E-state index in [1.54, 1.807) is 7.11 Å². The Morgan fingerprint density at radius 3 is 2.18 bits per heavy atom. The average Bonchev–Trinajstić information content (AvgIpc) is 2.28. The van der Waals surface area contributed by atoms with Crippen LogP contribution >= 0.6 is 0 Å². The molecule has 0 atom stereocenters. The van der Waals surface area contributed by atoms with Crippen molar-refractivity contribution in [1.29, 1.82) is 0 Å². The van der Waals surface area contributed by atoms with Crippen LogP contribution in [0.5, 0.6) is 11.5 Å². The van der Waals surface area contributed by atoms with Gasteiger partial charge in [-0.3, -0.25) is 0 Å². The molecule has 0 aliphatic carbocycles. The Morgan fingerprint density at radius 1 is 1.06 bits per heavy atom. The second-order valence-corrected chi connectivity index (χ2v) is 5.24. The predicted octanol–water partition coefficient (Wildman–Crippen LogP) is 1.83. The summed E-state index contributed by atoms with van der Waals surface area (Å²) >= 11 is 0. The molecular weight excluding hydrogens is 214 g/mol. The number of methoxy groups -OCH3 is 1. The molecule has 3 heteroatoms. The molecule has 0 fully saturated rings. The number of nitrogens with two attached hydrogens (primary N) is 1. The Labute approximate surface area is 104 Å². The van der Waals surface area contributed by atoms with E-state index in [2.05, 4.69) is 26.1 Å². The summed E-state index contributed by atoms with van der Waals surface area (Å²) in [6.45, 7) is 8.52. The van der Waals surface area contributed by atoms with Crippen molar-refractivity contribution < 1.29 is 14.8 Å². The molecule has 0 radical (unpaired) electrons. The first-order valence-corrected chi connectivity index (χ1v) is 6.12. The highest BCUT2D eigenvalue weighted by Crippen LogP contribution is 2.16. The second kappa shape index (κ2) is 6.50. The van der Waals surface area contributed by atoms with Gasteiger partial charge in [0.2, 0.25) is 0 Å². The third kappa shape index (κ3) is 6.17. The van der Waals surface area contributed by atoms with Crippen molar-refractivity contribution in [3.63, 3.8) is 0 Å². The fourth-order valence-electron chi connectivity index (χ4n) is 1.48. The van der Waals surface area contributed by atoms with Gasteiger partial charge in [0.1, 0.15) is 11.5 Å². The molecule has 0 saturated carbocycles. The van der Waals surface area contributed by atoms with Crippen molar-refractivity contribution in [2.45, 2.75) is 32.7 Å². The molecule has 0 aromatic heterocycles. The monoisotopic (exact) mass is 238 g/mol. The van der Waals surface area contributed by atoms with E-state index in [0.29, 0.717) is 5.54 Å².